The first-order chi connectivity index (χ1) is 14.8. The van der Waals surface area contributed by atoms with Crippen molar-refractivity contribution >= 4 is 51.9 Å². The van der Waals surface area contributed by atoms with Crippen LogP contribution in [0.5, 0.6) is 0 Å². The second-order valence-electron chi connectivity index (χ2n) is 7.48. The molecular formula is C21H27N5O3S2. The Balaban J connectivity index is 2.01. The molecule has 0 atom stereocenters. The van der Waals surface area contributed by atoms with Crippen LogP contribution in [0.15, 0.2) is 23.0 Å². The van der Waals surface area contributed by atoms with E-state index in [1.54, 1.807) is 22.6 Å². The van der Waals surface area contributed by atoms with Gasteiger partial charge in [-0.1, -0.05) is 25.2 Å². The standard InChI is InChI=1S/C21H27N5O3S2/c1-5-25(6-2)10-9-22-18(27)13-7-8-14-15(11-13)26-17(24-19(14)28)16(31-21(26)30)20(29)23-12(3)4/h7-8,11-12H,5-6,9-10H2,1-4H3,(H,22,27)(H,23,29)(H,24,28). The first-order valence-corrected chi connectivity index (χ1v) is 11.5. The number of benzene rings is 1. The minimum absolute atomic E-state index is 0.0537. The molecule has 0 saturated carbocycles. The Kier molecular flexibility index (Phi) is 7.24. The maximum atomic E-state index is 12.7. The molecule has 0 aliphatic carbocycles. The van der Waals surface area contributed by atoms with E-state index in [-0.39, 0.29) is 23.4 Å². The van der Waals surface area contributed by atoms with Gasteiger partial charge in [-0.15, -0.1) is 0 Å². The van der Waals surface area contributed by atoms with Crippen LogP contribution >= 0.6 is 23.6 Å². The molecule has 10 heteroatoms. The lowest BCUT2D eigenvalue weighted by molar-refractivity contribution is 0.0940. The van der Waals surface area contributed by atoms with Crippen LogP contribution in [0.1, 0.15) is 47.7 Å². The van der Waals surface area contributed by atoms with Crippen molar-refractivity contribution < 1.29 is 9.59 Å². The number of nitrogens with zero attached hydrogens (tertiary/aromatic N) is 2. The van der Waals surface area contributed by atoms with Gasteiger partial charge in [-0.05, 0) is 57.4 Å². The number of amides is 2. The zero-order valence-electron chi connectivity index (χ0n) is 18.1. The molecule has 3 aromatic rings. The minimum Gasteiger partial charge on any atom is -0.351 e. The second kappa shape index (κ2) is 9.71. The molecule has 1 aromatic carbocycles. The Hall–Kier alpha value is -2.56. The largest absolute Gasteiger partial charge is 0.351 e. The lowest BCUT2D eigenvalue weighted by Crippen LogP contribution is -2.34. The first kappa shape index (κ1) is 23.1. The van der Waals surface area contributed by atoms with Crippen LogP contribution in [0.2, 0.25) is 0 Å². The van der Waals surface area contributed by atoms with Crippen molar-refractivity contribution in [2.45, 2.75) is 33.7 Å². The van der Waals surface area contributed by atoms with Crippen LogP contribution in [0.3, 0.4) is 0 Å². The molecule has 0 saturated heterocycles. The number of thiazole rings is 1. The number of hydrogen-bond acceptors (Lipinski definition) is 6. The molecule has 0 aliphatic heterocycles. The normalized spacial score (nSPS) is 11.5. The molecule has 166 valence electrons. The highest BCUT2D eigenvalue weighted by molar-refractivity contribution is 7.73. The number of carbonyl (C=O) groups is 2. The maximum Gasteiger partial charge on any atom is 0.265 e. The van der Waals surface area contributed by atoms with Gasteiger partial charge >= 0.3 is 0 Å². The molecule has 2 aromatic heterocycles. The quantitative estimate of drug-likeness (QED) is 0.448. The summed E-state index contributed by atoms with van der Waals surface area (Å²) in [6, 6.07) is 4.83. The molecule has 31 heavy (non-hydrogen) atoms. The number of hydrogen-bond donors (Lipinski definition) is 3. The molecular weight excluding hydrogens is 434 g/mol. The molecule has 3 N–H and O–H groups in total. The zero-order chi connectivity index (χ0) is 22.7. The molecule has 2 heterocycles. The van der Waals surface area contributed by atoms with E-state index in [1.807, 2.05) is 13.8 Å². The van der Waals surface area contributed by atoms with Crippen LogP contribution in [-0.2, 0) is 0 Å². The van der Waals surface area contributed by atoms with Gasteiger partial charge in [0.1, 0.15) is 10.5 Å². The summed E-state index contributed by atoms with van der Waals surface area (Å²) in [5.74, 6) is -0.518. The summed E-state index contributed by atoms with van der Waals surface area (Å²) in [7, 11) is 0. The Labute approximate surface area is 189 Å². The van der Waals surface area contributed by atoms with E-state index in [0.717, 1.165) is 31.0 Å². The zero-order valence-corrected chi connectivity index (χ0v) is 19.7. The Morgan fingerprint density at radius 3 is 2.58 bits per heavy atom. The number of rotatable bonds is 8. The van der Waals surface area contributed by atoms with Crippen LogP contribution in [0.25, 0.3) is 16.6 Å². The third-order valence-corrected chi connectivity index (χ3v) is 6.39. The smallest absolute Gasteiger partial charge is 0.265 e. The van der Waals surface area contributed by atoms with Crippen LogP contribution in [0.4, 0.5) is 0 Å². The SMILES string of the molecule is CCN(CC)CCNC(=O)c1ccc2c(=O)[nH]c3c(C(=O)NC(C)C)sc(=S)n3c2c1. The molecule has 0 radical (unpaired) electrons. The monoisotopic (exact) mass is 461 g/mol. The highest BCUT2D eigenvalue weighted by Crippen LogP contribution is 2.23. The molecule has 2 amide bonds. The predicted octanol–water partition coefficient (Wildman–Crippen LogP) is 2.78. The third kappa shape index (κ3) is 4.86. The van der Waals surface area contributed by atoms with Crippen LogP contribution < -0.4 is 16.2 Å². The number of nitrogens with one attached hydrogen (secondary N) is 3. The summed E-state index contributed by atoms with van der Waals surface area (Å²) < 4.78 is 2.07. The van der Waals surface area contributed by atoms with Crippen LogP contribution in [-0.4, -0.2) is 58.3 Å². The third-order valence-electron chi connectivity index (χ3n) is 5.02. The van der Waals surface area contributed by atoms with Crippen molar-refractivity contribution in [3.63, 3.8) is 0 Å². The van der Waals surface area contributed by atoms with Crippen molar-refractivity contribution in [2.24, 2.45) is 0 Å². The summed E-state index contributed by atoms with van der Waals surface area (Å²) in [5.41, 5.74) is 0.930. The molecule has 8 nitrogen and oxygen atoms in total. The average molecular weight is 462 g/mol. The fraction of sp³-hybridized carbons (Fsp3) is 0.429. The van der Waals surface area contributed by atoms with Crippen molar-refractivity contribution in [3.8, 4) is 0 Å². The summed E-state index contributed by atoms with van der Waals surface area (Å²) in [5, 5.41) is 6.15. The van der Waals surface area contributed by atoms with Gasteiger partial charge in [-0.3, -0.25) is 18.8 Å². The van der Waals surface area contributed by atoms with Crippen molar-refractivity contribution in [1.82, 2.24) is 24.9 Å². The average Bonchev–Trinajstić information content (AvgIpc) is 3.06. The lowest BCUT2D eigenvalue weighted by Gasteiger charge is -2.18. The number of aromatic nitrogens is 2. The molecule has 3 rings (SSSR count). The Bertz CT molecular complexity index is 1240. The van der Waals surface area contributed by atoms with Gasteiger partial charge in [0.25, 0.3) is 17.4 Å². The fourth-order valence-electron chi connectivity index (χ4n) is 3.38. The second-order valence-corrected chi connectivity index (χ2v) is 9.12. The summed E-state index contributed by atoms with van der Waals surface area (Å²) in [4.78, 5) is 43.2. The Morgan fingerprint density at radius 1 is 1.23 bits per heavy atom. The lowest BCUT2D eigenvalue weighted by atomic mass is 10.1. The van der Waals surface area contributed by atoms with Crippen LogP contribution in [0, 0.1) is 3.95 Å². The van der Waals surface area contributed by atoms with E-state index in [9.17, 15) is 14.4 Å². The molecule has 0 aliphatic rings. The minimum atomic E-state index is -0.338. The highest BCUT2D eigenvalue weighted by atomic mass is 32.1. The number of aromatic amines is 1. The number of H-pyrrole nitrogens is 1. The van der Waals surface area contributed by atoms with Gasteiger partial charge in [0.05, 0.1) is 10.9 Å². The van der Waals surface area contributed by atoms with Crippen molar-refractivity contribution in [1.29, 1.82) is 0 Å². The number of carbonyl (C=O) groups excluding carboxylic acids is 2. The van der Waals surface area contributed by atoms with Crippen molar-refractivity contribution in [3.05, 3.63) is 42.9 Å². The van der Waals surface area contributed by atoms with Gasteiger partial charge < -0.3 is 20.5 Å². The van der Waals surface area contributed by atoms with E-state index < -0.39 is 0 Å². The molecule has 0 unspecified atom stereocenters. The molecule has 0 bridgehead atoms. The highest BCUT2D eigenvalue weighted by Gasteiger charge is 2.19. The number of likely N-dealkylation sites (N-methyl/N-ethyl adjacent to an activating group) is 1. The van der Waals surface area contributed by atoms with E-state index in [1.165, 1.54) is 0 Å². The van der Waals surface area contributed by atoms with Gasteiger partial charge in [0.2, 0.25) is 0 Å². The summed E-state index contributed by atoms with van der Waals surface area (Å²) in [6.07, 6.45) is 0. The van der Waals surface area contributed by atoms with E-state index in [0.29, 0.717) is 37.5 Å². The van der Waals surface area contributed by atoms with E-state index in [4.69, 9.17) is 12.2 Å². The van der Waals surface area contributed by atoms with E-state index >= 15 is 0 Å². The topological polar surface area (TPSA) is 98.7 Å². The summed E-state index contributed by atoms with van der Waals surface area (Å²) >= 11 is 6.61. The van der Waals surface area contributed by atoms with Crippen molar-refractivity contribution in [2.75, 3.05) is 26.2 Å². The fourth-order valence-corrected chi connectivity index (χ4v) is 4.67. The number of fused-ring (bicyclic) bond motifs is 3. The van der Waals surface area contributed by atoms with Gasteiger partial charge in [-0.25, -0.2) is 0 Å². The first-order valence-electron chi connectivity index (χ1n) is 10.3. The van der Waals surface area contributed by atoms with Gasteiger partial charge in [0.15, 0.2) is 3.95 Å². The van der Waals surface area contributed by atoms with E-state index in [2.05, 4.69) is 34.4 Å². The molecule has 0 spiro atoms. The Morgan fingerprint density at radius 2 is 1.94 bits per heavy atom. The van der Waals surface area contributed by atoms with Gasteiger partial charge in [-0.2, -0.15) is 0 Å². The predicted molar refractivity (Wildman–Crippen MR) is 127 cm³/mol. The van der Waals surface area contributed by atoms with Gasteiger partial charge in [0, 0.05) is 24.7 Å². The summed E-state index contributed by atoms with van der Waals surface area (Å²) in [6.45, 7) is 11.0. The maximum absolute atomic E-state index is 12.7. The molecule has 0 fully saturated rings.